The summed E-state index contributed by atoms with van der Waals surface area (Å²) in [4.78, 5) is 16.9. The molecule has 106 valence electrons. The second-order valence-electron chi connectivity index (χ2n) is 4.63. The Labute approximate surface area is 123 Å². The first-order chi connectivity index (χ1) is 8.97. The molecule has 0 fully saturated rings. The quantitative estimate of drug-likeness (QED) is 0.759. The highest BCUT2D eigenvalue weighted by molar-refractivity contribution is 7.80. The first-order valence-corrected chi connectivity index (χ1v) is 7.74. The molecule has 0 bridgehead atoms. The molecule has 1 aromatic rings. The third kappa shape index (κ3) is 3.51. The number of thiocarbonyl (C=S) groups is 1. The molecule has 6 heteroatoms. The molecule has 1 aromatic heterocycles. The molecule has 1 amide bonds. The fourth-order valence-electron chi connectivity index (χ4n) is 2.01. The predicted molar refractivity (Wildman–Crippen MR) is 83.3 cm³/mol. The molecule has 1 rings (SSSR count). The second kappa shape index (κ2) is 6.96. The minimum absolute atomic E-state index is 0.0755. The number of carbonyl (C=O) groups excluding carboxylic acids is 1. The molecule has 0 saturated heterocycles. The van der Waals surface area contributed by atoms with E-state index in [0.29, 0.717) is 19.4 Å². The van der Waals surface area contributed by atoms with Gasteiger partial charge in [0.1, 0.15) is 0 Å². The summed E-state index contributed by atoms with van der Waals surface area (Å²) in [5.74, 6) is 0.120. The average molecular weight is 299 g/mol. The molecule has 4 nitrogen and oxygen atoms in total. The van der Waals surface area contributed by atoms with E-state index in [2.05, 4.69) is 10.3 Å². The van der Waals surface area contributed by atoms with Crippen molar-refractivity contribution in [1.29, 1.82) is 0 Å². The number of nitrogens with one attached hydrogen (secondary N) is 1. The number of amides is 1. The van der Waals surface area contributed by atoms with Crippen molar-refractivity contribution in [3.8, 4) is 0 Å². The predicted octanol–water partition coefficient (Wildman–Crippen LogP) is 2.46. The van der Waals surface area contributed by atoms with Gasteiger partial charge in [-0.15, -0.1) is 11.3 Å². The number of rotatable bonds is 7. The lowest BCUT2D eigenvalue weighted by molar-refractivity contribution is -0.127. The third-order valence-corrected chi connectivity index (χ3v) is 4.95. The van der Waals surface area contributed by atoms with Crippen molar-refractivity contribution in [2.24, 2.45) is 11.1 Å². The van der Waals surface area contributed by atoms with Gasteiger partial charge in [-0.05, 0) is 12.8 Å². The summed E-state index contributed by atoms with van der Waals surface area (Å²) in [5.41, 5.74) is 5.03. The fraction of sp³-hybridized carbons (Fsp3) is 0.615. The van der Waals surface area contributed by atoms with E-state index in [0.717, 1.165) is 5.01 Å². The van der Waals surface area contributed by atoms with Gasteiger partial charge >= 0.3 is 0 Å². The first-order valence-electron chi connectivity index (χ1n) is 6.45. The maximum absolute atomic E-state index is 12.3. The number of nitrogens with zero attached hydrogens (tertiary/aromatic N) is 1. The number of nitrogens with two attached hydrogens (primary N) is 1. The summed E-state index contributed by atoms with van der Waals surface area (Å²) in [7, 11) is 0. The van der Waals surface area contributed by atoms with Gasteiger partial charge in [0, 0.05) is 24.0 Å². The minimum Gasteiger partial charge on any atom is -0.392 e. The van der Waals surface area contributed by atoms with Crippen molar-refractivity contribution < 1.29 is 4.79 Å². The summed E-state index contributed by atoms with van der Waals surface area (Å²) in [5, 5.41) is 5.91. The van der Waals surface area contributed by atoms with Gasteiger partial charge in [0.25, 0.3) is 0 Å². The summed E-state index contributed by atoms with van der Waals surface area (Å²) >= 11 is 6.67. The summed E-state index contributed by atoms with van der Waals surface area (Å²) in [6.45, 7) is 6.47. The molecule has 0 saturated carbocycles. The Morgan fingerprint density at radius 3 is 2.63 bits per heavy atom. The van der Waals surface area contributed by atoms with Crippen LogP contribution in [0, 0.1) is 5.41 Å². The summed E-state index contributed by atoms with van der Waals surface area (Å²) < 4.78 is 0. The number of hydrogen-bond donors (Lipinski definition) is 2. The third-order valence-electron chi connectivity index (χ3n) is 3.56. The van der Waals surface area contributed by atoms with Crippen molar-refractivity contribution in [3.05, 3.63) is 16.6 Å². The number of thiazole rings is 1. The first kappa shape index (κ1) is 16.0. The van der Waals surface area contributed by atoms with Crippen LogP contribution < -0.4 is 11.1 Å². The molecular formula is C13H21N3OS2. The van der Waals surface area contributed by atoms with Crippen molar-refractivity contribution in [3.63, 3.8) is 0 Å². The molecule has 1 atom stereocenters. The topological polar surface area (TPSA) is 68.0 Å². The van der Waals surface area contributed by atoms with Crippen LogP contribution >= 0.6 is 23.6 Å². The molecule has 0 radical (unpaired) electrons. The van der Waals surface area contributed by atoms with Crippen LogP contribution in [-0.2, 0) is 4.79 Å². The van der Waals surface area contributed by atoms with Crippen LogP contribution in [0.2, 0.25) is 0 Å². The SMILES string of the molecule is CCC(CC)(C(=O)NCC(C)c1nccs1)C(N)=S. The van der Waals surface area contributed by atoms with Gasteiger partial charge < -0.3 is 11.1 Å². The van der Waals surface area contributed by atoms with E-state index in [4.69, 9.17) is 18.0 Å². The standard InChI is InChI=1S/C13H21N3OS2/c1-4-13(5-2,11(14)18)12(17)16-8-9(3)10-15-6-7-19-10/h6-7,9H,4-5,8H2,1-3H3,(H2,14,18)(H,16,17). The molecule has 0 aliphatic carbocycles. The molecule has 0 aliphatic heterocycles. The Hall–Kier alpha value is -1.01. The van der Waals surface area contributed by atoms with Crippen molar-refractivity contribution in [1.82, 2.24) is 10.3 Å². The smallest absolute Gasteiger partial charge is 0.233 e. The Balaban J connectivity index is 2.66. The summed E-state index contributed by atoms with van der Waals surface area (Å²) in [6, 6.07) is 0. The summed E-state index contributed by atoms with van der Waals surface area (Å²) in [6.07, 6.45) is 3.02. The normalized spacial score (nSPS) is 13.0. The highest BCUT2D eigenvalue weighted by atomic mass is 32.1. The monoisotopic (exact) mass is 299 g/mol. The molecule has 0 aromatic carbocycles. The van der Waals surface area contributed by atoms with Crippen molar-refractivity contribution in [2.75, 3.05) is 6.54 Å². The highest BCUT2D eigenvalue weighted by Gasteiger charge is 2.37. The minimum atomic E-state index is -0.724. The molecule has 19 heavy (non-hydrogen) atoms. The molecule has 1 heterocycles. The van der Waals surface area contributed by atoms with Gasteiger partial charge in [-0.3, -0.25) is 4.79 Å². The highest BCUT2D eigenvalue weighted by Crippen LogP contribution is 2.27. The van der Waals surface area contributed by atoms with Crippen LogP contribution in [0.25, 0.3) is 0 Å². The van der Waals surface area contributed by atoms with Gasteiger partial charge in [-0.1, -0.05) is 33.0 Å². The van der Waals surface area contributed by atoms with Crippen LogP contribution in [0.3, 0.4) is 0 Å². The zero-order valence-corrected chi connectivity index (χ0v) is 13.2. The zero-order chi connectivity index (χ0) is 14.5. The largest absolute Gasteiger partial charge is 0.392 e. The number of hydrogen-bond acceptors (Lipinski definition) is 4. The molecule has 3 N–H and O–H groups in total. The van der Waals surface area contributed by atoms with Crippen LogP contribution in [0.4, 0.5) is 0 Å². The van der Waals surface area contributed by atoms with E-state index in [-0.39, 0.29) is 16.8 Å². The maximum Gasteiger partial charge on any atom is 0.233 e. The molecular weight excluding hydrogens is 278 g/mol. The van der Waals surface area contributed by atoms with Crippen LogP contribution in [0.15, 0.2) is 11.6 Å². The zero-order valence-electron chi connectivity index (χ0n) is 11.6. The van der Waals surface area contributed by atoms with Crippen LogP contribution in [0.1, 0.15) is 44.5 Å². The van der Waals surface area contributed by atoms with Crippen LogP contribution in [0.5, 0.6) is 0 Å². The lowest BCUT2D eigenvalue weighted by Crippen LogP contribution is -2.49. The van der Waals surface area contributed by atoms with E-state index < -0.39 is 5.41 Å². The molecule has 0 spiro atoms. The Morgan fingerprint density at radius 2 is 2.21 bits per heavy atom. The van der Waals surface area contributed by atoms with Crippen molar-refractivity contribution >= 4 is 34.5 Å². The van der Waals surface area contributed by atoms with E-state index >= 15 is 0 Å². The second-order valence-corrected chi connectivity index (χ2v) is 6.00. The van der Waals surface area contributed by atoms with Gasteiger partial charge in [-0.2, -0.15) is 0 Å². The van der Waals surface area contributed by atoms with E-state index in [1.54, 1.807) is 17.5 Å². The van der Waals surface area contributed by atoms with Crippen molar-refractivity contribution in [2.45, 2.75) is 39.5 Å². The number of aromatic nitrogens is 1. The van der Waals surface area contributed by atoms with Gasteiger partial charge in [0.05, 0.1) is 15.4 Å². The van der Waals surface area contributed by atoms with Gasteiger partial charge in [0.2, 0.25) is 5.91 Å². The average Bonchev–Trinajstić information content (AvgIpc) is 2.91. The lowest BCUT2D eigenvalue weighted by atomic mass is 9.81. The van der Waals surface area contributed by atoms with Gasteiger partial charge in [-0.25, -0.2) is 4.98 Å². The Bertz CT molecular complexity index is 427. The fourth-order valence-corrected chi connectivity index (χ4v) is 3.09. The molecule has 1 unspecified atom stereocenters. The maximum atomic E-state index is 12.3. The number of carbonyl (C=O) groups is 1. The Kier molecular flexibility index (Phi) is 5.87. The molecule has 0 aliphatic rings. The van der Waals surface area contributed by atoms with E-state index in [1.807, 2.05) is 26.2 Å². The van der Waals surface area contributed by atoms with E-state index in [1.165, 1.54) is 0 Å². The van der Waals surface area contributed by atoms with Crippen LogP contribution in [-0.4, -0.2) is 22.4 Å². The van der Waals surface area contributed by atoms with E-state index in [9.17, 15) is 4.79 Å². The van der Waals surface area contributed by atoms with Gasteiger partial charge in [0.15, 0.2) is 0 Å². The Morgan fingerprint density at radius 1 is 1.58 bits per heavy atom. The lowest BCUT2D eigenvalue weighted by Gasteiger charge is -2.29.